The smallest absolute Gasteiger partial charge is 0.262 e. The van der Waals surface area contributed by atoms with E-state index in [4.69, 9.17) is 39.1 Å². The van der Waals surface area contributed by atoms with Crippen molar-refractivity contribution in [3.8, 4) is 0 Å². The summed E-state index contributed by atoms with van der Waals surface area (Å²) in [5.74, 6) is 0.916. The van der Waals surface area contributed by atoms with Gasteiger partial charge in [0.2, 0.25) is 10.0 Å². The minimum absolute atomic E-state index is 0.140. The minimum Gasteiger partial charge on any atom is -0.383 e. The third kappa shape index (κ3) is 7.39. The SMILES string of the molecule is CCCC(C)CC(=NCCc1c(Cl)cc(S(N)(=O)=O)cc1Cl)c1c(N)nc(Cc2cccs2)[nH]c1=O. The molecule has 3 aromatic rings. The lowest BCUT2D eigenvalue weighted by molar-refractivity contribution is 0.544. The Morgan fingerprint density at radius 3 is 2.53 bits per heavy atom. The van der Waals surface area contributed by atoms with Gasteiger partial charge in [-0.3, -0.25) is 9.79 Å². The molecule has 36 heavy (non-hydrogen) atoms. The molecule has 0 bridgehead atoms. The van der Waals surface area contributed by atoms with Gasteiger partial charge in [-0.15, -0.1) is 11.3 Å². The van der Waals surface area contributed by atoms with Crippen molar-refractivity contribution in [2.24, 2.45) is 16.0 Å². The van der Waals surface area contributed by atoms with Crippen molar-refractivity contribution in [2.45, 2.75) is 50.8 Å². The largest absolute Gasteiger partial charge is 0.383 e. The summed E-state index contributed by atoms with van der Waals surface area (Å²) in [5, 5.41) is 7.50. The maximum Gasteiger partial charge on any atom is 0.262 e. The van der Waals surface area contributed by atoms with E-state index >= 15 is 0 Å². The zero-order valence-corrected chi connectivity index (χ0v) is 23.2. The molecule has 0 saturated heterocycles. The molecule has 0 aliphatic carbocycles. The first kappa shape index (κ1) is 28.3. The van der Waals surface area contributed by atoms with Gasteiger partial charge >= 0.3 is 0 Å². The van der Waals surface area contributed by atoms with Gasteiger partial charge in [-0.25, -0.2) is 18.5 Å². The average Bonchev–Trinajstić information content (AvgIpc) is 3.27. The van der Waals surface area contributed by atoms with Crippen LogP contribution < -0.4 is 16.4 Å². The molecular weight excluding hydrogens is 541 g/mol. The van der Waals surface area contributed by atoms with Crippen LogP contribution in [0.2, 0.25) is 10.0 Å². The van der Waals surface area contributed by atoms with E-state index in [1.54, 1.807) is 11.3 Å². The molecule has 2 heterocycles. The molecule has 12 heteroatoms. The molecule has 1 atom stereocenters. The van der Waals surface area contributed by atoms with Crippen molar-refractivity contribution >= 4 is 56.1 Å². The number of nitrogens with one attached hydrogen (secondary N) is 1. The number of hydrogen-bond donors (Lipinski definition) is 3. The highest BCUT2D eigenvalue weighted by Gasteiger charge is 2.19. The lowest BCUT2D eigenvalue weighted by atomic mass is 9.96. The normalized spacial score (nSPS) is 13.2. The zero-order valence-electron chi connectivity index (χ0n) is 20.1. The van der Waals surface area contributed by atoms with Crippen molar-refractivity contribution in [3.05, 3.63) is 71.9 Å². The number of H-pyrrole nitrogens is 1. The first-order valence-electron chi connectivity index (χ1n) is 11.4. The van der Waals surface area contributed by atoms with Crippen molar-refractivity contribution < 1.29 is 8.42 Å². The number of hydrogen-bond acceptors (Lipinski definition) is 7. The Bertz CT molecular complexity index is 1380. The summed E-state index contributed by atoms with van der Waals surface area (Å²) in [6, 6.07) is 6.45. The van der Waals surface area contributed by atoms with E-state index in [0.717, 1.165) is 17.7 Å². The quantitative estimate of drug-likeness (QED) is 0.283. The van der Waals surface area contributed by atoms with E-state index < -0.39 is 10.0 Å². The predicted octanol–water partition coefficient (Wildman–Crippen LogP) is 4.82. The lowest BCUT2D eigenvalue weighted by Crippen LogP contribution is -2.25. The fourth-order valence-corrected chi connectivity index (χ4v) is 6.01. The Hall–Kier alpha value is -2.24. The standard InChI is InChI=1S/C24H29Cl2N5O3S2/c1-3-5-14(2)10-20(22-23(27)30-21(31-24(22)32)11-15-6-4-9-35-15)29-8-7-17-18(25)12-16(13-19(17)26)36(28,33)34/h4,6,9,12-14H,3,5,7-8,10-11H2,1-2H3,(H2,28,33,34)(H3,27,30,31,32). The number of thiophene rings is 1. The second-order valence-corrected chi connectivity index (χ2v) is 12.0. The number of anilines is 1. The van der Waals surface area contributed by atoms with Gasteiger partial charge in [-0.1, -0.05) is 56.0 Å². The highest BCUT2D eigenvalue weighted by Crippen LogP contribution is 2.29. The third-order valence-corrected chi connectivity index (χ3v) is 8.08. The van der Waals surface area contributed by atoms with Crippen LogP contribution in [0.1, 0.15) is 54.9 Å². The number of primary sulfonamides is 1. The summed E-state index contributed by atoms with van der Waals surface area (Å²) in [6.45, 7) is 4.46. The van der Waals surface area contributed by atoms with Crippen LogP contribution in [0.25, 0.3) is 0 Å². The van der Waals surface area contributed by atoms with E-state index in [1.807, 2.05) is 17.5 Å². The summed E-state index contributed by atoms with van der Waals surface area (Å²) in [6.07, 6.45) is 3.34. The number of halogens is 2. The lowest BCUT2D eigenvalue weighted by Gasteiger charge is -2.15. The monoisotopic (exact) mass is 569 g/mol. The van der Waals surface area contributed by atoms with E-state index in [-0.39, 0.29) is 44.3 Å². The van der Waals surface area contributed by atoms with E-state index in [2.05, 4.69) is 23.8 Å². The van der Waals surface area contributed by atoms with E-state index in [9.17, 15) is 13.2 Å². The van der Waals surface area contributed by atoms with Gasteiger partial charge < -0.3 is 10.7 Å². The number of sulfonamides is 1. The second-order valence-electron chi connectivity index (χ2n) is 8.62. The number of aromatic nitrogens is 2. The Labute approximate surface area is 224 Å². The number of nitrogen functional groups attached to an aromatic ring is 1. The molecular formula is C24H29Cl2N5O3S2. The second kappa shape index (κ2) is 12.3. The number of rotatable bonds is 11. The van der Waals surface area contributed by atoms with Gasteiger partial charge in [0.25, 0.3) is 5.56 Å². The molecule has 194 valence electrons. The highest BCUT2D eigenvalue weighted by molar-refractivity contribution is 7.89. The number of nitrogens with two attached hydrogens (primary N) is 2. The first-order chi connectivity index (χ1) is 17.0. The van der Waals surface area contributed by atoms with Crippen LogP contribution >= 0.6 is 34.5 Å². The van der Waals surface area contributed by atoms with E-state index in [0.29, 0.717) is 36.4 Å². The van der Waals surface area contributed by atoms with Gasteiger partial charge in [0.05, 0.1) is 10.6 Å². The third-order valence-electron chi connectivity index (χ3n) is 5.64. The molecule has 0 aliphatic rings. The summed E-state index contributed by atoms with van der Waals surface area (Å²) in [4.78, 5) is 26.0. The van der Waals surface area contributed by atoms with E-state index in [1.165, 1.54) is 12.1 Å². The first-order valence-corrected chi connectivity index (χ1v) is 14.6. The zero-order chi connectivity index (χ0) is 26.5. The number of aromatic amines is 1. The molecule has 1 aromatic carbocycles. The number of nitrogens with zero attached hydrogens (tertiary/aromatic N) is 2. The molecule has 2 aromatic heterocycles. The van der Waals surface area contributed by atoms with Gasteiger partial charge in [0.15, 0.2) is 0 Å². The van der Waals surface area contributed by atoms with Crippen molar-refractivity contribution in [1.29, 1.82) is 0 Å². The maximum absolute atomic E-state index is 13.1. The van der Waals surface area contributed by atoms with Gasteiger partial charge in [-0.2, -0.15) is 0 Å². The summed E-state index contributed by atoms with van der Waals surface area (Å²) in [7, 11) is -3.94. The fraction of sp³-hybridized carbons (Fsp3) is 0.375. The Morgan fingerprint density at radius 2 is 1.97 bits per heavy atom. The predicted molar refractivity (Wildman–Crippen MR) is 148 cm³/mol. The van der Waals surface area contributed by atoms with Gasteiger partial charge in [0.1, 0.15) is 17.2 Å². The van der Waals surface area contributed by atoms with Crippen LogP contribution in [0, 0.1) is 5.92 Å². The molecule has 0 fully saturated rings. The van der Waals surface area contributed by atoms with Crippen molar-refractivity contribution in [2.75, 3.05) is 12.3 Å². The number of benzene rings is 1. The van der Waals surface area contributed by atoms with Crippen LogP contribution in [0.5, 0.6) is 0 Å². The molecule has 5 N–H and O–H groups in total. The summed E-state index contributed by atoms with van der Waals surface area (Å²) >= 11 is 14.2. The Morgan fingerprint density at radius 1 is 1.28 bits per heavy atom. The molecule has 1 unspecified atom stereocenters. The summed E-state index contributed by atoms with van der Waals surface area (Å²) in [5.41, 5.74) is 7.33. The van der Waals surface area contributed by atoms with Crippen molar-refractivity contribution in [3.63, 3.8) is 0 Å². The maximum atomic E-state index is 13.1. The molecule has 0 spiro atoms. The Kier molecular flexibility index (Phi) is 9.71. The molecule has 0 amide bonds. The van der Waals surface area contributed by atoms with Crippen LogP contribution in [-0.4, -0.2) is 30.6 Å². The Balaban J connectivity index is 1.91. The summed E-state index contributed by atoms with van der Waals surface area (Å²) < 4.78 is 23.3. The van der Waals surface area contributed by atoms with Crippen LogP contribution in [-0.2, 0) is 22.9 Å². The van der Waals surface area contributed by atoms with Gasteiger partial charge in [-0.05, 0) is 47.9 Å². The van der Waals surface area contributed by atoms with Crippen LogP contribution in [0.15, 0.2) is 44.3 Å². The molecule has 8 nitrogen and oxygen atoms in total. The van der Waals surface area contributed by atoms with Crippen LogP contribution in [0.3, 0.4) is 0 Å². The molecule has 0 saturated carbocycles. The molecule has 3 rings (SSSR count). The molecule has 0 aliphatic heterocycles. The topological polar surface area (TPSA) is 144 Å². The average molecular weight is 571 g/mol. The van der Waals surface area contributed by atoms with Gasteiger partial charge in [0, 0.05) is 27.9 Å². The fourth-order valence-electron chi connectivity index (χ4n) is 3.94. The molecule has 0 radical (unpaired) electrons. The highest BCUT2D eigenvalue weighted by atomic mass is 35.5. The minimum atomic E-state index is -3.94. The number of aliphatic imine (C=N–C) groups is 1. The van der Waals surface area contributed by atoms with Crippen molar-refractivity contribution in [1.82, 2.24) is 9.97 Å². The van der Waals surface area contributed by atoms with Crippen LogP contribution in [0.4, 0.5) is 5.82 Å².